The fourth-order valence-corrected chi connectivity index (χ4v) is 3.51. The van der Waals surface area contributed by atoms with E-state index in [0.717, 1.165) is 18.4 Å². The summed E-state index contributed by atoms with van der Waals surface area (Å²) in [5, 5.41) is 0. The van der Waals surface area contributed by atoms with Crippen molar-refractivity contribution in [3.05, 3.63) is 34.1 Å². The Labute approximate surface area is 148 Å². The summed E-state index contributed by atoms with van der Waals surface area (Å²) in [6.07, 6.45) is 1.65. The molecule has 0 saturated carbocycles. The highest BCUT2D eigenvalue weighted by atomic mass is 79.9. The number of ether oxygens (including phenoxy) is 1. The van der Waals surface area contributed by atoms with Gasteiger partial charge in [-0.3, -0.25) is 9.59 Å². The molecular formula is C17H20BrFN2O3. The van der Waals surface area contributed by atoms with E-state index in [1.165, 1.54) is 6.07 Å². The zero-order valence-electron chi connectivity index (χ0n) is 13.3. The van der Waals surface area contributed by atoms with Crippen molar-refractivity contribution in [2.75, 3.05) is 32.8 Å². The van der Waals surface area contributed by atoms with Gasteiger partial charge in [-0.05, 0) is 46.5 Å². The molecule has 2 aliphatic heterocycles. The fraction of sp³-hybridized carbons (Fsp3) is 0.529. The van der Waals surface area contributed by atoms with Crippen LogP contribution in [0.1, 0.15) is 18.4 Å². The quantitative estimate of drug-likeness (QED) is 0.781. The number of halogens is 2. The molecule has 130 valence electrons. The number of piperazine rings is 1. The summed E-state index contributed by atoms with van der Waals surface area (Å²) in [5.74, 6) is -0.299. The molecule has 7 heteroatoms. The van der Waals surface area contributed by atoms with E-state index in [-0.39, 0.29) is 30.2 Å². The number of amides is 2. The zero-order chi connectivity index (χ0) is 17.1. The van der Waals surface area contributed by atoms with Gasteiger partial charge in [0.2, 0.25) is 5.91 Å². The summed E-state index contributed by atoms with van der Waals surface area (Å²) < 4.78 is 19.0. The molecule has 5 nitrogen and oxygen atoms in total. The minimum Gasteiger partial charge on any atom is -0.368 e. The standard InChI is InChI=1S/C17H20BrFN2O3/c18-13-10-12(3-4-14(13)19)11-16(22)20-5-7-21(8-6-20)17(23)15-2-1-9-24-15/h3-4,10,15H,1-2,5-9,11H2. The van der Waals surface area contributed by atoms with E-state index in [1.54, 1.807) is 21.9 Å². The van der Waals surface area contributed by atoms with Gasteiger partial charge < -0.3 is 14.5 Å². The molecule has 2 heterocycles. The second-order valence-corrected chi connectivity index (χ2v) is 6.99. The number of carbonyl (C=O) groups excluding carboxylic acids is 2. The number of rotatable bonds is 3. The van der Waals surface area contributed by atoms with E-state index in [4.69, 9.17) is 4.74 Å². The number of benzene rings is 1. The van der Waals surface area contributed by atoms with Crippen molar-refractivity contribution in [2.24, 2.45) is 0 Å². The van der Waals surface area contributed by atoms with E-state index in [0.29, 0.717) is 37.3 Å². The van der Waals surface area contributed by atoms with E-state index in [9.17, 15) is 14.0 Å². The Morgan fingerprint density at radius 2 is 1.92 bits per heavy atom. The number of hydrogen-bond donors (Lipinski definition) is 0. The van der Waals surface area contributed by atoms with Crippen LogP contribution in [-0.4, -0.2) is 60.5 Å². The molecule has 3 rings (SSSR count). The Morgan fingerprint density at radius 3 is 2.54 bits per heavy atom. The lowest BCUT2D eigenvalue weighted by molar-refractivity contribution is -0.145. The first kappa shape index (κ1) is 17.4. The SMILES string of the molecule is O=C(Cc1ccc(F)c(Br)c1)N1CCN(C(=O)C2CCCO2)CC1. The molecule has 2 aliphatic rings. The molecule has 24 heavy (non-hydrogen) atoms. The van der Waals surface area contributed by atoms with Gasteiger partial charge in [0.1, 0.15) is 11.9 Å². The van der Waals surface area contributed by atoms with E-state index < -0.39 is 0 Å². The summed E-state index contributed by atoms with van der Waals surface area (Å²) in [5.41, 5.74) is 0.770. The first-order chi connectivity index (χ1) is 11.5. The topological polar surface area (TPSA) is 49.9 Å². The third-order valence-electron chi connectivity index (χ3n) is 4.49. The molecule has 0 spiro atoms. The summed E-state index contributed by atoms with van der Waals surface area (Å²) in [4.78, 5) is 28.2. The van der Waals surface area contributed by atoms with Crippen molar-refractivity contribution in [2.45, 2.75) is 25.4 Å². The van der Waals surface area contributed by atoms with Crippen LogP contribution in [0.5, 0.6) is 0 Å². The average molecular weight is 399 g/mol. The third-order valence-corrected chi connectivity index (χ3v) is 5.10. The number of carbonyl (C=O) groups is 2. The summed E-state index contributed by atoms with van der Waals surface area (Å²) in [6, 6.07) is 4.60. The minimum absolute atomic E-state index is 0.00211. The van der Waals surface area contributed by atoms with Gasteiger partial charge in [-0.15, -0.1) is 0 Å². The Kier molecular flexibility index (Phi) is 5.50. The highest BCUT2D eigenvalue weighted by Gasteiger charge is 2.31. The van der Waals surface area contributed by atoms with E-state index in [1.807, 2.05) is 0 Å². The summed E-state index contributed by atoms with van der Waals surface area (Å²) >= 11 is 3.13. The molecule has 0 N–H and O–H groups in total. The molecule has 1 aromatic rings. The van der Waals surface area contributed by atoms with Gasteiger partial charge in [0.15, 0.2) is 0 Å². The Balaban J connectivity index is 1.51. The van der Waals surface area contributed by atoms with Gasteiger partial charge in [-0.1, -0.05) is 6.07 Å². The lowest BCUT2D eigenvalue weighted by Gasteiger charge is -2.35. The molecule has 1 unspecified atom stereocenters. The molecule has 2 saturated heterocycles. The van der Waals surface area contributed by atoms with Gasteiger partial charge in [0.25, 0.3) is 5.91 Å². The second kappa shape index (κ2) is 7.61. The monoisotopic (exact) mass is 398 g/mol. The van der Waals surface area contributed by atoms with Crippen LogP contribution in [0.15, 0.2) is 22.7 Å². The van der Waals surface area contributed by atoms with E-state index in [2.05, 4.69) is 15.9 Å². The maximum atomic E-state index is 13.2. The lowest BCUT2D eigenvalue weighted by atomic mass is 10.1. The molecule has 2 amide bonds. The summed E-state index contributed by atoms with van der Waals surface area (Å²) in [6.45, 7) is 2.79. The Bertz CT molecular complexity index is 626. The van der Waals surface area contributed by atoms with Crippen LogP contribution in [0.4, 0.5) is 4.39 Å². The lowest BCUT2D eigenvalue weighted by Crippen LogP contribution is -2.53. The molecule has 0 bridgehead atoms. The Morgan fingerprint density at radius 1 is 1.21 bits per heavy atom. The highest BCUT2D eigenvalue weighted by Crippen LogP contribution is 2.19. The number of hydrogen-bond acceptors (Lipinski definition) is 3. The van der Waals surface area contributed by atoms with Gasteiger partial charge >= 0.3 is 0 Å². The van der Waals surface area contributed by atoms with Crippen molar-refractivity contribution >= 4 is 27.7 Å². The summed E-state index contributed by atoms with van der Waals surface area (Å²) in [7, 11) is 0. The van der Waals surface area contributed by atoms with Gasteiger partial charge in [-0.25, -0.2) is 4.39 Å². The highest BCUT2D eigenvalue weighted by molar-refractivity contribution is 9.10. The van der Waals surface area contributed by atoms with Gasteiger partial charge in [0.05, 0.1) is 10.9 Å². The predicted molar refractivity (Wildman–Crippen MR) is 89.9 cm³/mol. The van der Waals surface area contributed by atoms with Crippen molar-refractivity contribution in [1.82, 2.24) is 9.80 Å². The van der Waals surface area contributed by atoms with Crippen molar-refractivity contribution in [3.63, 3.8) is 0 Å². The van der Waals surface area contributed by atoms with Crippen LogP contribution < -0.4 is 0 Å². The number of nitrogens with zero attached hydrogens (tertiary/aromatic N) is 2. The van der Waals surface area contributed by atoms with Crippen LogP contribution in [0.2, 0.25) is 0 Å². The largest absolute Gasteiger partial charge is 0.368 e. The van der Waals surface area contributed by atoms with Crippen molar-refractivity contribution in [3.8, 4) is 0 Å². The molecule has 1 atom stereocenters. The fourth-order valence-electron chi connectivity index (χ4n) is 3.09. The molecule has 1 aromatic carbocycles. The normalized spacial score (nSPS) is 21.2. The predicted octanol–water partition coefficient (Wildman–Crippen LogP) is 1.98. The molecule has 0 radical (unpaired) electrons. The minimum atomic E-state index is -0.340. The van der Waals surface area contributed by atoms with Crippen molar-refractivity contribution in [1.29, 1.82) is 0 Å². The maximum absolute atomic E-state index is 13.2. The smallest absolute Gasteiger partial charge is 0.251 e. The molecule has 0 aromatic heterocycles. The van der Waals surface area contributed by atoms with Gasteiger partial charge in [-0.2, -0.15) is 0 Å². The molecule has 0 aliphatic carbocycles. The van der Waals surface area contributed by atoms with E-state index >= 15 is 0 Å². The van der Waals surface area contributed by atoms with Crippen LogP contribution in [0.3, 0.4) is 0 Å². The second-order valence-electron chi connectivity index (χ2n) is 6.13. The first-order valence-corrected chi connectivity index (χ1v) is 8.96. The van der Waals surface area contributed by atoms with Crippen LogP contribution in [0, 0.1) is 5.82 Å². The maximum Gasteiger partial charge on any atom is 0.251 e. The van der Waals surface area contributed by atoms with Crippen molar-refractivity contribution < 1.29 is 18.7 Å². The molecule has 2 fully saturated rings. The zero-order valence-corrected chi connectivity index (χ0v) is 14.9. The Hall–Kier alpha value is -1.47. The first-order valence-electron chi connectivity index (χ1n) is 8.16. The van der Waals surface area contributed by atoms with Gasteiger partial charge in [0, 0.05) is 32.8 Å². The van der Waals surface area contributed by atoms with Crippen LogP contribution >= 0.6 is 15.9 Å². The van der Waals surface area contributed by atoms with Crippen LogP contribution in [-0.2, 0) is 20.7 Å². The average Bonchev–Trinajstić information content (AvgIpc) is 3.12. The van der Waals surface area contributed by atoms with Crippen LogP contribution in [0.25, 0.3) is 0 Å². The molecular weight excluding hydrogens is 379 g/mol. The third kappa shape index (κ3) is 3.95.